The Morgan fingerprint density at radius 2 is 2.04 bits per heavy atom. The number of aromatic nitrogens is 3. The number of benzene rings is 1. The summed E-state index contributed by atoms with van der Waals surface area (Å²) in [4.78, 5) is 7.14. The van der Waals surface area contributed by atoms with Crippen molar-refractivity contribution in [2.24, 2.45) is 0 Å². The summed E-state index contributed by atoms with van der Waals surface area (Å²) in [5, 5.41) is 8.83. The molecule has 1 aliphatic rings. The van der Waals surface area contributed by atoms with E-state index in [1.807, 2.05) is 25.4 Å². The largest absolute Gasteiger partial charge is 0.315 e. The van der Waals surface area contributed by atoms with Gasteiger partial charge in [0.15, 0.2) is 5.65 Å². The maximum Gasteiger partial charge on any atom is 0.159 e. The lowest BCUT2D eigenvalue weighted by Gasteiger charge is -2.33. The van der Waals surface area contributed by atoms with E-state index in [1.165, 1.54) is 29.7 Å². The third-order valence-corrected chi connectivity index (χ3v) is 5.69. The first-order valence-corrected chi connectivity index (χ1v) is 9.98. The molecule has 0 saturated carbocycles. The van der Waals surface area contributed by atoms with Gasteiger partial charge in [0.05, 0.1) is 11.4 Å². The number of piperidine rings is 1. The summed E-state index contributed by atoms with van der Waals surface area (Å²) in [7, 11) is 1.96. The van der Waals surface area contributed by atoms with Crippen LogP contribution in [0.2, 0.25) is 5.02 Å². The molecule has 142 valence electrons. The van der Waals surface area contributed by atoms with Crippen LogP contribution in [-0.2, 0) is 13.1 Å². The Hall–Kier alpha value is -1.95. The van der Waals surface area contributed by atoms with Gasteiger partial charge in [-0.25, -0.2) is 9.50 Å². The van der Waals surface area contributed by atoms with Crippen molar-refractivity contribution >= 4 is 17.2 Å². The molecule has 0 aliphatic carbocycles. The fourth-order valence-corrected chi connectivity index (χ4v) is 4.22. The highest BCUT2D eigenvalue weighted by molar-refractivity contribution is 6.30. The van der Waals surface area contributed by atoms with Crippen molar-refractivity contribution in [2.75, 3.05) is 20.1 Å². The quantitative estimate of drug-likeness (QED) is 0.728. The number of likely N-dealkylation sites (tertiary alicyclic amines) is 1. The normalized spacial score (nSPS) is 18.3. The molecule has 0 spiro atoms. The highest BCUT2D eigenvalue weighted by atomic mass is 35.5. The van der Waals surface area contributed by atoms with Crippen molar-refractivity contribution in [3.05, 3.63) is 64.1 Å². The lowest BCUT2D eigenvalue weighted by molar-refractivity contribution is 0.197. The number of hydrogen-bond donors (Lipinski definition) is 1. The van der Waals surface area contributed by atoms with Crippen molar-refractivity contribution < 1.29 is 0 Å². The minimum absolute atomic E-state index is 0.471. The van der Waals surface area contributed by atoms with Crippen LogP contribution in [-0.4, -0.2) is 39.6 Å². The molecule has 5 nitrogen and oxygen atoms in total. The molecule has 0 amide bonds. The zero-order chi connectivity index (χ0) is 18.8. The summed E-state index contributed by atoms with van der Waals surface area (Å²) in [5.41, 5.74) is 5.80. The monoisotopic (exact) mass is 383 g/mol. The van der Waals surface area contributed by atoms with Gasteiger partial charge in [0, 0.05) is 42.3 Å². The van der Waals surface area contributed by atoms with Crippen LogP contribution in [0.25, 0.3) is 5.65 Å². The third-order valence-electron chi connectivity index (χ3n) is 5.44. The van der Waals surface area contributed by atoms with Crippen LogP contribution >= 0.6 is 11.6 Å². The maximum atomic E-state index is 6.02. The highest BCUT2D eigenvalue weighted by Gasteiger charge is 2.25. The van der Waals surface area contributed by atoms with Gasteiger partial charge in [0.2, 0.25) is 0 Å². The first kappa shape index (κ1) is 18.4. The SMILES string of the molecule is CNCc1c(C)nn2c([C@H]3CCCN(Cc4ccc(Cl)cc4)C3)ccnc12. The predicted molar refractivity (Wildman–Crippen MR) is 109 cm³/mol. The first-order chi connectivity index (χ1) is 13.2. The molecule has 3 heterocycles. The molecule has 1 saturated heterocycles. The van der Waals surface area contributed by atoms with Crippen LogP contribution in [0.15, 0.2) is 36.5 Å². The van der Waals surface area contributed by atoms with Crippen molar-refractivity contribution in [1.29, 1.82) is 0 Å². The number of halogens is 1. The van der Waals surface area contributed by atoms with E-state index in [2.05, 4.69) is 44.8 Å². The van der Waals surface area contributed by atoms with Gasteiger partial charge >= 0.3 is 0 Å². The Balaban J connectivity index is 1.57. The average molecular weight is 384 g/mol. The molecule has 1 atom stereocenters. The van der Waals surface area contributed by atoms with E-state index in [4.69, 9.17) is 16.7 Å². The van der Waals surface area contributed by atoms with Crippen LogP contribution in [0.4, 0.5) is 0 Å². The van der Waals surface area contributed by atoms with Crippen LogP contribution < -0.4 is 5.32 Å². The molecule has 6 heteroatoms. The van der Waals surface area contributed by atoms with Crippen molar-refractivity contribution in [3.63, 3.8) is 0 Å². The Labute approximate surface area is 165 Å². The van der Waals surface area contributed by atoms with Crippen LogP contribution in [0.1, 0.15) is 41.3 Å². The molecule has 3 aromatic rings. The molecule has 1 fully saturated rings. The standard InChI is InChI=1S/C21H26ClN5/c1-15-19(12-23-2)21-24-10-9-20(27(21)25-15)17-4-3-11-26(14-17)13-16-5-7-18(22)8-6-16/h5-10,17,23H,3-4,11-14H2,1-2H3/t17-/m0/s1. The summed E-state index contributed by atoms with van der Waals surface area (Å²) in [6.07, 6.45) is 4.32. The molecule has 27 heavy (non-hydrogen) atoms. The number of nitrogens with zero attached hydrogens (tertiary/aromatic N) is 4. The summed E-state index contributed by atoms with van der Waals surface area (Å²) >= 11 is 6.02. The Morgan fingerprint density at radius 3 is 2.81 bits per heavy atom. The van der Waals surface area contributed by atoms with Gasteiger partial charge < -0.3 is 5.32 Å². The fourth-order valence-electron chi connectivity index (χ4n) is 4.10. The minimum Gasteiger partial charge on any atom is -0.315 e. The second-order valence-electron chi connectivity index (χ2n) is 7.40. The number of nitrogens with one attached hydrogen (secondary N) is 1. The zero-order valence-corrected chi connectivity index (χ0v) is 16.7. The fraction of sp³-hybridized carbons (Fsp3) is 0.429. The van der Waals surface area contributed by atoms with Crippen molar-refractivity contribution in [2.45, 2.75) is 38.8 Å². The van der Waals surface area contributed by atoms with Gasteiger partial charge in [-0.3, -0.25) is 4.90 Å². The molecule has 1 N–H and O–H groups in total. The summed E-state index contributed by atoms with van der Waals surface area (Å²) in [6.45, 7) is 6.00. The molecule has 0 bridgehead atoms. The van der Waals surface area contributed by atoms with Gasteiger partial charge in [-0.2, -0.15) is 5.10 Å². The van der Waals surface area contributed by atoms with E-state index in [0.29, 0.717) is 5.92 Å². The predicted octanol–water partition coefficient (Wildman–Crippen LogP) is 3.79. The van der Waals surface area contributed by atoms with Crippen LogP contribution in [0.3, 0.4) is 0 Å². The van der Waals surface area contributed by atoms with E-state index in [0.717, 1.165) is 42.5 Å². The van der Waals surface area contributed by atoms with Gasteiger partial charge in [-0.15, -0.1) is 0 Å². The highest BCUT2D eigenvalue weighted by Crippen LogP contribution is 2.29. The smallest absolute Gasteiger partial charge is 0.159 e. The van der Waals surface area contributed by atoms with Gasteiger partial charge in [0.1, 0.15) is 0 Å². The summed E-state index contributed by atoms with van der Waals surface area (Å²) in [6, 6.07) is 10.3. The molecular weight excluding hydrogens is 358 g/mol. The topological polar surface area (TPSA) is 45.5 Å². The molecule has 1 aliphatic heterocycles. The number of aryl methyl sites for hydroxylation is 1. The molecule has 2 aromatic heterocycles. The van der Waals surface area contributed by atoms with E-state index in [-0.39, 0.29) is 0 Å². The zero-order valence-electron chi connectivity index (χ0n) is 16.0. The molecular formula is C21H26ClN5. The third kappa shape index (κ3) is 3.86. The summed E-state index contributed by atoms with van der Waals surface area (Å²) in [5.74, 6) is 0.471. The Kier molecular flexibility index (Phi) is 5.43. The number of fused-ring (bicyclic) bond motifs is 1. The van der Waals surface area contributed by atoms with E-state index < -0.39 is 0 Å². The second kappa shape index (κ2) is 7.97. The lowest BCUT2D eigenvalue weighted by Crippen LogP contribution is -2.34. The van der Waals surface area contributed by atoms with Crippen molar-refractivity contribution in [3.8, 4) is 0 Å². The van der Waals surface area contributed by atoms with Crippen LogP contribution in [0.5, 0.6) is 0 Å². The molecule has 0 unspecified atom stereocenters. The van der Waals surface area contributed by atoms with Gasteiger partial charge in [-0.05, 0) is 57.1 Å². The summed E-state index contributed by atoms with van der Waals surface area (Å²) < 4.78 is 2.07. The van der Waals surface area contributed by atoms with E-state index in [1.54, 1.807) is 0 Å². The van der Waals surface area contributed by atoms with E-state index in [9.17, 15) is 0 Å². The Morgan fingerprint density at radius 1 is 1.22 bits per heavy atom. The molecule has 1 aromatic carbocycles. The van der Waals surface area contributed by atoms with Gasteiger partial charge in [0.25, 0.3) is 0 Å². The number of hydrogen-bond acceptors (Lipinski definition) is 4. The molecule has 4 rings (SSSR count). The maximum absolute atomic E-state index is 6.02. The first-order valence-electron chi connectivity index (χ1n) is 9.60. The Bertz CT molecular complexity index is 918. The average Bonchev–Trinajstić information content (AvgIpc) is 3.00. The van der Waals surface area contributed by atoms with Crippen LogP contribution in [0, 0.1) is 6.92 Å². The molecule has 0 radical (unpaired) electrons. The number of rotatable bonds is 5. The lowest BCUT2D eigenvalue weighted by atomic mass is 9.94. The van der Waals surface area contributed by atoms with Gasteiger partial charge in [-0.1, -0.05) is 23.7 Å². The second-order valence-corrected chi connectivity index (χ2v) is 7.84. The van der Waals surface area contributed by atoms with Crippen molar-refractivity contribution in [1.82, 2.24) is 24.8 Å². The van der Waals surface area contributed by atoms with E-state index >= 15 is 0 Å². The minimum atomic E-state index is 0.471.